The van der Waals surface area contributed by atoms with Gasteiger partial charge in [0.2, 0.25) is 0 Å². The Morgan fingerprint density at radius 2 is 1.63 bits per heavy atom. The van der Waals surface area contributed by atoms with Gasteiger partial charge >= 0.3 is 5.97 Å². The van der Waals surface area contributed by atoms with Gasteiger partial charge in [-0.1, -0.05) is 41.4 Å². The SMILES string of the molecule is COC(=O)c1ccc(Cn2cc(-c3ccc(Cl)cc3Cl)nc2-c2ccc(Oc3cccc(S(C)(=O)=O)c3)cc2)cc1. The largest absolute Gasteiger partial charge is 0.465 e. The lowest BCUT2D eigenvalue weighted by atomic mass is 10.1. The Kier molecular flexibility index (Phi) is 8.17. The van der Waals surface area contributed by atoms with Crippen LogP contribution in [-0.4, -0.2) is 37.3 Å². The van der Waals surface area contributed by atoms with E-state index in [1.807, 2.05) is 41.1 Å². The highest BCUT2D eigenvalue weighted by molar-refractivity contribution is 7.90. The summed E-state index contributed by atoms with van der Waals surface area (Å²) in [6.07, 6.45) is 3.07. The van der Waals surface area contributed by atoms with E-state index < -0.39 is 15.8 Å². The summed E-state index contributed by atoms with van der Waals surface area (Å²) in [5.74, 6) is 1.24. The molecule has 0 aliphatic rings. The van der Waals surface area contributed by atoms with Gasteiger partial charge in [-0.2, -0.15) is 0 Å². The monoisotopic (exact) mass is 606 g/mol. The van der Waals surface area contributed by atoms with Crippen LogP contribution >= 0.6 is 23.2 Å². The van der Waals surface area contributed by atoms with Crippen LogP contribution in [0.5, 0.6) is 11.5 Å². The number of esters is 1. The van der Waals surface area contributed by atoms with Gasteiger partial charge in [0.1, 0.15) is 17.3 Å². The second kappa shape index (κ2) is 11.8. The Morgan fingerprint density at radius 3 is 2.29 bits per heavy atom. The van der Waals surface area contributed by atoms with Gasteiger partial charge in [-0.25, -0.2) is 18.2 Å². The van der Waals surface area contributed by atoms with Crippen molar-refractivity contribution < 1.29 is 22.7 Å². The number of aromatic nitrogens is 2. The first-order valence-electron chi connectivity index (χ1n) is 12.4. The van der Waals surface area contributed by atoms with Crippen LogP contribution in [0.3, 0.4) is 0 Å². The van der Waals surface area contributed by atoms with E-state index in [9.17, 15) is 13.2 Å². The lowest BCUT2D eigenvalue weighted by Crippen LogP contribution is -2.03. The molecule has 208 valence electrons. The molecule has 1 heterocycles. The summed E-state index contributed by atoms with van der Waals surface area (Å²) in [6.45, 7) is 0.478. The van der Waals surface area contributed by atoms with E-state index in [0.29, 0.717) is 45.2 Å². The number of carbonyl (C=O) groups excluding carboxylic acids is 1. The fourth-order valence-electron chi connectivity index (χ4n) is 4.23. The Hall–Kier alpha value is -4.11. The van der Waals surface area contributed by atoms with Crippen LogP contribution in [0.2, 0.25) is 10.0 Å². The van der Waals surface area contributed by atoms with Crippen molar-refractivity contribution in [2.45, 2.75) is 11.4 Å². The van der Waals surface area contributed by atoms with Crippen molar-refractivity contribution in [1.82, 2.24) is 9.55 Å². The summed E-state index contributed by atoms with van der Waals surface area (Å²) < 4.78 is 36.5. The number of hydrogen-bond donors (Lipinski definition) is 0. The van der Waals surface area contributed by atoms with Gasteiger partial charge in [0.15, 0.2) is 9.84 Å². The zero-order valence-electron chi connectivity index (χ0n) is 22.0. The first kappa shape index (κ1) is 28.4. The van der Waals surface area contributed by atoms with Crippen molar-refractivity contribution >= 4 is 39.0 Å². The van der Waals surface area contributed by atoms with Crippen molar-refractivity contribution in [2.24, 2.45) is 0 Å². The molecule has 0 atom stereocenters. The second-order valence-electron chi connectivity index (χ2n) is 9.26. The van der Waals surface area contributed by atoms with Gasteiger partial charge < -0.3 is 14.0 Å². The molecule has 0 saturated carbocycles. The summed E-state index contributed by atoms with van der Waals surface area (Å²) >= 11 is 12.6. The Labute approximate surface area is 247 Å². The third-order valence-electron chi connectivity index (χ3n) is 6.29. The van der Waals surface area contributed by atoms with E-state index in [1.165, 1.54) is 19.2 Å². The van der Waals surface area contributed by atoms with E-state index in [0.717, 1.165) is 22.9 Å². The fourth-order valence-corrected chi connectivity index (χ4v) is 5.39. The lowest BCUT2D eigenvalue weighted by Gasteiger charge is -2.10. The molecule has 4 aromatic carbocycles. The highest BCUT2D eigenvalue weighted by atomic mass is 35.5. The first-order valence-corrected chi connectivity index (χ1v) is 15.0. The predicted octanol–water partition coefficient (Wildman–Crippen LogP) is 7.55. The third-order valence-corrected chi connectivity index (χ3v) is 7.95. The number of carbonyl (C=O) groups is 1. The summed E-state index contributed by atoms with van der Waals surface area (Å²) in [4.78, 5) is 16.9. The number of benzene rings is 4. The molecule has 0 N–H and O–H groups in total. The minimum Gasteiger partial charge on any atom is -0.465 e. The van der Waals surface area contributed by atoms with Crippen molar-refractivity contribution in [3.8, 4) is 34.1 Å². The molecule has 10 heteroatoms. The number of sulfone groups is 1. The van der Waals surface area contributed by atoms with Gasteiger partial charge in [-0.15, -0.1) is 0 Å². The maximum absolute atomic E-state index is 11.9. The molecule has 0 bridgehead atoms. The predicted molar refractivity (Wildman–Crippen MR) is 160 cm³/mol. The van der Waals surface area contributed by atoms with Crippen LogP contribution in [0, 0.1) is 0 Å². The van der Waals surface area contributed by atoms with Crippen molar-refractivity contribution in [3.63, 3.8) is 0 Å². The molecule has 5 rings (SSSR count). The molecule has 0 saturated heterocycles. The van der Waals surface area contributed by atoms with Crippen molar-refractivity contribution in [2.75, 3.05) is 13.4 Å². The zero-order valence-corrected chi connectivity index (χ0v) is 24.4. The van der Waals surface area contributed by atoms with Crippen molar-refractivity contribution in [3.05, 3.63) is 118 Å². The quantitative estimate of drug-likeness (QED) is 0.169. The number of methoxy groups -OCH3 is 1. The van der Waals surface area contributed by atoms with Gasteiger partial charge in [0.25, 0.3) is 0 Å². The second-order valence-corrected chi connectivity index (χ2v) is 12.1. The minimum atomic E-state index is -3.36. The molecule has 0 aliphatic heterocycles. The standard InChI is InChI=1S/C31H24Cl2N2O5S/c1-39-31(36)22-8-6-20(7-9-22)18-35-19-29(27-15-12-23(32)16-28(27)33)34-30(35)21-10-13-24(14-11-21)40-25-4-3-5-26(17-25)41(2,37)38/h3-17,19H,18H2,1-2H3. The first-order chi connectivity index (χ1) is 19.6. The molecule has 0 aliphatic carbocycles. The number of halogens is 2. The topological polar surface area (TPSA) is 87.5 Å². The van der Waals surface area contributed by atoms with Crippen molar-refractivity contribution in [1.29, 1.82) is 0 Å². The summed E-state index contributed by atoms with van der Waals surface area (Å²) in [7, 11) is -2.01. The highest BCUT2D eigenvalue weighted by Crippen LogP contribution is 2.33. The van der Waals surface area contributed by atoms with Crippen LogP contribution in [0.25, 0.3) is 22.6 Å². The maximum atomic E-state index is 11.9. The smallest absolute Gasteiger partial charge is 0.337 e. The third kappa shape index (κ3) is 6.62. The molecule has 41 heavy (non-hydrogen) atoms. The van der Waals surface area contributed by atoms with Crippen LogP contribution < -0.4 is 4.74 Å². The number of hydrogen-bond acceptors (Lipinski definition) is 6. The van der Waals surface area contributed by atoms with Crippen LogP contribution in [0.1, 0.15) is 15.9 Å². The van der Waals surface area contributed by atoms with E-state index >= 15 is 0 Å². The number of nitrogens with zero attached hydrogens (tertiary/aromatic N) is 2. The summed E-state index contributed by atoms with van der Waals surface area (Å²) in [5.41, 5.74) is 3.66. The summed E-state index contributed by atoms with van der Waals surface area (Å²) in [5, 5.41) is 1.01. The maximum Gasteiger partial charge on any atom is 0.337 e. The fraction of sp³-hybridized carbons (Fsp3) is 0.0968. The van der Waals surface area contributed by atoms with Crippen LogP contribution in [0.15, 0.2) is 102 Å². The van der Waals surface area contributed by atoms with Crippen LogP contribution in [-0.2, 0) is 21.1 Å². The molecule has 7 nitrogen and oxygen atoms in total. The number of imidazole rings is 1. The van der Waals surface area contributed by atoms with Crippen LogP contribution in [0.4, 0.5) is 0 Å². The normalized spacial score (nSPS) is 11.3. The number of rotatable bonds is 8. The molecule has 0 unspecified atom stereocenters. The zero-order chi connectivity index (χ0) is 29.1. The molecule has 5 aromatic rings. The molecule has 1 aromatic heterocycles. The Bertz CT molecular complexity index is 1830. The summed E-state index contributed by atoms with van der Waals surface area (Å²) in [6, 6.07) is 26.1. The lowest BCUT2D eigenvalue weighted by molar-refractivity contribution is 0.0600. The highest BCUT2D eigenvalue weighted by Gasteiger charge is 2.16. The average molecular weight is 608 g/mol. The van der Waals surface area contributed by atoms with E-state index in [4.69, 9.17) is 37.7 Å². The van der Waals surface area contributed by atoms with Gasteiger partial charge in [-0.3, -0.25) is 0 Å². The molecule has 0 radical (unpaired) electrons. The molecule has 0 fully saturated rings. The van der Waals surface area contributed by atoms with E-state index in [1.54, 1.807) is 48.5 Å². The Balaban J connectivity index is 1.48. The van der Waals surface area contributed by atoms with E-state index in [-0.39, 0.29) is 4.90 Å². The molecular weight excluding hydrogens is 583 g/mol. The molecule has 0 spiro atoms. The minimum absolute atomic E-state index is 0.182. The average Bonchev–Trinajstić information content (AvgIpc) is 3.36. The van der Waals surface area contributed by atoms with E-state index in [2.05, 4.69) is 0 Å². The van der Waals surface area contributed by atoms with Gasteiger partial charge in [0.05, 0.1) is 28.3 Å². The Morgan fingerprint density at radius 1 is 0.902 bits per heavy atom. The molecular formula is C31H24Cl2N2O5S. The van der Waals surface area contributed by atoms with Gasteiger partial charge in [0, 0.05) is 35.1 Å². The molecule has 0 amide bonds. The van der Waals surface area contributed by atoms with Gasteiger partial charge in [-0.05, 0) is 78.4 Å². The number of ether oxygens (including phenoxy) is 2.